The van der Waals surface area contributed by atoms with Crippen molar-refractivity contribution >= 4 is 0 Å². The van der Waals surface area contributed by atoms with E-state index >= 15 is 0 Å². The second-order valence-electron chi connectivity index (χ2n) is 5.97. The second kappa shape index (κ2) is 4.07. The third-order valence-corrected chi connectivity index (χ3v) is 4.88. The average molecular weight is 246 g/mol. The molecule has 3 atom stereocenters. The zero-order valence-corrected chi connectivity index (χ0v) is 11.5. The van der Waals surface area contributed by atoms with Crippen LogP contribution in [0.25, 0.3) is 0 Å². The molecule has 1 aliphatic heterocycles. The maximum Gasteiger partial charge on any atom is 0.103 e. The van der Waals surface area contributed by atoms with Crippen LogP contribution in [-0.4, -0.2) is 24.4 Å². The Morgan fingerprint density at radius 3 is 2.67 bits per heavy atom. The maximum atomic E-state index is 6.13. The fourth-order valence-electron chi connectivity index (χ4n) is 3.80. The van der Waals surface area contributed by atoms with Gasteiger partial charge in [-0.25, -0.2) is 0 Å². The lowest BCUT2D eigenvalue weighted by Gasteiger charge is -2.55. The third kappa shape index (κ3) is 1.49. The van der Waals surface area contributed by atoms with Crippen LogP contribution in [-0.2, 0) is 9.47 Å². The normalized spacial score (nSPS) is 37.1. The SMILES string of the molecule is CCO[C@@]12C[C@@H](c3ccccc3)[C@@H]1COC2(C)C. The van der Waals surface area contributed by atoms with E-state index < -0.39 is 0 Å². The van der Waals surface area contributed by atoms with Crippen molar-refractivity contribution in [3.05, 3.63) is 35.9 Å². The summed E-state index contributed by atoms with van der Waals surface area (Å²) in [7, 11) is 0. The first-order chi connectivity index (χ1) is 8.61. The average Bonchev–Trinajstić information content (AvgIpc) is 2.52. The standard InChI is InChI=1S/C16H22O2/c1-4-17-16-10-13(12-8-6-5-7-9-12)14(16)11-18-15(16,2)3/h5-9,13-14H,4,10-11H2,1-3H3/t13-,14-,16-/m0/s1. The number of ether oxygens (including phenoxy) is 2. The highest BCUT2D eigenvalue weighted by molar-refractivity contribution is 5.30. The molecule has 0 spiro atoms. The van der Waals surface area contributed by atoms with Crippen molar-refractivity contribution in [3.8, 4) is 0 Å². The number of hydrogen-bond donors (Lipinski definition) is 0. The predicted molar refractivity (Wildman–Crippen MR) is 71.7 cm³/mol. The summed E-state index contributed by atoms with van der Waals surface area (Å²) in [5, 5.41) is 0. The highest BCUT2D eigenvalue weighted by atomic mass is 16.6. The van der Waals surface area contributed by atoms with Crippen LogP contribution in [0.5, 0.6) is 0 Å². The van der Waals surface area contributed by atoms with Gasteiger partial charge in [0.2, 0.25) is 0 Å². The summed E-state index contributed by atoms with van der Waals surface area (Å²) in [5.41, 5.74) is 1.21. The summed E-state index contributed by atoms with van der Waals surface area (Å²) in [6.07, 6.45) is 1.09. The van der Waals surface area contributed by atoms with Gasteiger partial charge >= 0.3 is 0 Å². The minimum atomic E-state index is -0.154. The first kappa shape index (κ1) is 12.2. The Kier molecular flexibility index (Phi) is 2.76. The molecule has 1 aromatic carbocycles. The minimum Gasteiger partial charge on any atom is -0.372 e. The number of fused-ring (bicyclic) bond motifs is 1. The molecular weight excluding hydrogens is 224 g/mol. The molecule has 2 aliphatic rings. The van der Waals surface area contributed by atoms with E-state index in [1.165, 1.54) is 5.56 Å². The van der Waals surface area contributed by atoms with Crippen LogP contribution >= 0.6 is 0 Å². The molecule has 0 radical (unpaired) electrons. The topological polar surface area (TPSA) is 18.5 Å². The van der Waals surface area contributed by atoms with E-state index in [0.717, 1.165) is 19.6 Å². The molecule has 98 valence electrons. The van der Waals surface area contributed by atoms with Gasteiger partial charge in [-0.1, -0.05) is 30.3 Å². The minimum absolute atomic E-state index is 0.0672. The number of rotatable bonds is 3. The Bertz CT molecular complexity index is 426. The monoisotopic (exact) mass is 246 g/mol. The van der Waals surface area contributed by atoms with E-state index in [-0.39, 0.29) is 11.2 Å². The molecule has 2 heteroatoms. The van der Waals surface area contributed by atoms with Gasteiger partial charge in [0, 0.05) is 12.5 Å². The van der Waals surface area contributed by atoms with Crippen LogP contribution < -0.4 is 0 Å². The van der Waals surface area contributed by atoms with E-state index in [0.29, 0.717) is 11.8 Å². The van der Waals surface area contributed by atoms with Crippen molar-refractivity contribution in [2.75, 3.05) is 13.2 Å². The van der Waals surface area contributed by atoms with Gasteiger partial charge in [0.25, 0.3) is 0 Å². The Balaban J connectivity index is 1.87. The van der Waals surface area contributed by atoms with Gasteiger partial charge < -0.3 is 9.47 Å². The third-order valence-electron chi connectivity index (χ3n) is 4.88. The highest BCUT2D eigenvalue weighted by Crippen LogP contribution is 2.61. The second-order valence-corrected chi connectivity index (χ2v) is 5.97. The molecule has 2 fully saturated rings. The molecule has 0 unspecified atom stereocenters. The Morgan fingerprint density at radius 1 is 1.28 bits per heavy atom. The van der Waals surface area contributed by atoms with Gasteiger partial charge in [0.15, 0.2) is 0 Å². The van der Waals surface area contributed by atoms with Crippen molar-refractivity contribution in [2.45, 2.75) is 44.3 Å². The Labute approximate surface area is 109 Å². The van der Waals surface area contributed by atoms with Crippen LogP contribution in [0.3, 0.4) is 0 Å². The van der Waals surface area contributed by atoms with Crippen molar-refractivity contribution in [2.24, 2.45) is 5.92 Å². The summed E-state index contributed by atoms with van der Waals surface area (Å²) >= 11 is 0. The molecule has 3 rings (SSSR count). The molecule has 1 aliphatic carbocycles. The molecule has 0 bridgehead atoms. The van der Waals surface area contributed by atoms with Gasteiger partial charge in [0.1, 0.15) is 5.60 Å². The predicted octanol–water partition coefficient (Wildman–Crippen LogP) is 3.37. The first-order valence-corrected chi connectivity index (χ1v) is 6.93. The summed E-state index contributed by atoms with van der Waals surface area (Å²) in [4.78, 5) is 0. The molecule has 2 nitrogen and oxygen atoms in total. The summed E-state index contributed by atoms with van der Waals surface area (Å²) in [6.45, 7) is 8.02. The van der Waals surface area contributed by atoms with Crippen LogP contribution in [0.1, 0.15) is 38.7 Å². The van der Waals surface area contributed by atoms with E-state index in [1.807, 2.05) is 0 Å². The zero-order valence-electron chi connectivity index (χ0n) is 11.5. The van der Waals surface area contributed by atoms with Crippen molar-refractivity contribution in [3.63, 3.8) is 0 Å². The molecular formula is C16H22O2. The summed E-state index contributed by atoms with van der Waals surface area (Å²) in [5.74, 6) is 1.11. The van der Waals surface area contributed by atoms with Gasteiger partial charge in [-0.3, -0.25) is 0 Å². The molecule has 1 aromatic rings. The van der Waals surface area contributed by atoms with Gasteiger partial charge in [-0.05, 0) is 38.7 Å². The zero-order chi connectivity index (χ0) is 12.8. The van der Waals surface area contributed by atoms with Gasteiger partial charge in [-0.15, -0.1) is 0 Å². The Morgan fingerprint density at radius 2 is 2.00 bits per heavy atom. The summed E-state index contributed by atoms with van der Waals surface area (Å²) < 4.78 is 12.1. The molecule has 1 saturated heterocycles. The Hall–Kier alpha value is -0.860. The quantitative estimate of drug-likeness (QED) is 0.814. The van der Waals surface area contributed by atoms with Gasteiger partial charge in [-0.2, -0.15) is 0 Å². The summed E-state index contributed by atoms with van der Waals surface area (Å²) in [6, 6.07) is 10.8. The molecule has 1 saturated carbocycles. The smallest absolute Gasteiger partial charge is 0.103 e. The fraction of sp³-hybridized carbons (Fsp3) is 0.625. The lowest BCUT2D eigenvalue weighted by atomic mass is 9.55. The first-order valence-electron chi connectivity index (χ1n) is 6.93. The van der Waals surface area contributed by atoms with Crippen molar-refractivity contribution < 1.29 is 9.47 Å². The molecule has 1 heterocycles. The number of benzene rings is 1. The molecule has 0 N–H and O–H groups in total. The van der Waals surface area contributed by atoms with Crippen molar-refractivity contribution in [1.29, 1.82) is 0 Å². The van der Waals surface area contributed by atoms with E-state index in [9.17, 15) is 0 Å². The van der Waals surface area contributed by atoms with Crippen molar-refractivity contribution in [1.82, 2.24) is 0 Å². The number of hydrogen-bond acceptors (Lipinski definition) is 2. The highest BCUT2D eigenvalue weighted by Gasteiger charge is 2.67. The molecule has 0 aromatic heterocycles. The maximum absolute atomic E-state index is 6.13. The van der Waals surface area contributed by atoms with E-state index in [4.69, 9.17) is 9.47 Å². The molecule has 0 amide bonds. The van der Waals surface area contributed by atoms with E-state index in [1.54, 1.807) is 0 Å². The fourth-order valence-corrected chi connectivity index (χ4v) is 3.80. The largest absolute Gasteiger partial charge is 0.372 e. The lowest BCUT2D eigenvalue weighted by Crippen LogP contribution is -2.61. The van der Waals surface area contributed by atoms with Crippen LogP contribution in [0, 0.1) is 5.92 Å². The van der Waals surface area contributed by atoms with Crippen LogP contribution in [0.2, 0.25) is 0 Å². The van der Waals surface area contributed by atoms with Crippen LogP contribution in [0.4, 0.5) is 0 Å². The lowest BCUT2D eigenvalue weighted by molar-refractivity contribution is -0.191. The van der Waals surface area contributed by atoms with E-state index in [2.05, 4.69) is 51.1 Å². The van der Waals surface area contributed by atoms with Crippen LogP contribution in [0.15, 0.2) is 30.3 Å². The van der Waals surface area contributed by atoms with Gasteiger partial charge in [0.05, 0.1) is 12.2 Å². The molecule has 18 heavy (non-hydrogen) atoms.